The average molecular weight is 416 g/mol. The van der Waals surface area contributed by atoms with Gasteiger partial charge in [0.25, 0.3) is 0 Å². The summed E-state index contributed by atoms with van der Waals surface area (Å²) < 4.78 is 30.3. The lowest BCUT2D eigenvalue weighted by Gasteiger charge is -2.24. The number of hydrogen-bond acceptors (Lipinski definition) is 5. The number of benzene rings is 2. The first-order valence-electron chi connectivity index (χ1n) is 10.3. The van der Waals surface area contributed by atoms with Crippen LogP contribution < -0.4 is 24.8 Å². The Morgan fingerprint density at radius 2 is 1.90 bits per heavy atom. The van der Waals surface area contributed by atoms with Crippen LogP contribution in [0.3, 0.4) is 0 Å². The first-order valence-corrected chi connectivity index (χ1v) is 10.3. The van der Waals surface area contributed by atoms with E-state index in [1.165, 1.54) is 6.07 Å². The van der Waals surface area contributed by atoms with E-state index in [4.69, 9.17) is 14.2 Å². The Morgan fingerprint density at radius 3 is 2.67 bits per heavy atom. The average Bonchev–Trinajstić information content (AvgIpc) is 2.97. The molecule has 2 N–H and O–H groups in total. The summed E-state index contributed by atoms with van der Waals surface area (Å²) in [6.45, 7) is 6.22. The van der Waals surface area contributed by atoms with Crippen LogP contribution in [-0.4, -0.2) is 38.8 Å². The van der Waals surface area contributed by atoms with Gasteiger partial charge >= 0.3 is 0 Å². The second-order valence-corrected chi connectivity index (χ2v) is 7.50. The molecule has 2 aromatic rings. The predicted molar refractivity (Wildman–Crippen MR) is 113 cm³/mol. The molecule has 0 radical (unpaired) electrons. The van der Waals surface area contributed by atoms with Crippen molar-refractivity contribution in [2.24, 2.45) is 5.92 Å². The number of hydrogen-bond donors (Lipinski definition) is 2. The molecular formula is C23H29FN2O4. The fourth-order valence-electron chi connectivity index (χ4n) is 3.23. The number of rotatable bonds is 9. The molecule has 0 spiro atoms. The normalized spacial score (nSPS) is 14.1. The van der Waals surface area contributed by atoms with Crippen LogP contribution in [0.2, 0.25) is 0 Å². The van der Waals surface area contributed by atoms with Crippen molar-refractivity contribution in [2.45, 2.75) is 26.3 Å². The van der Waals surface area contributed by atoms with Gasteiger partial charge in [-0.3, -0.25) is 4.79 Å². The van der Waals surface area contributed by atoms with Gasteiger partial charge in [-0.1, -0.05) is 32.0 Å². The SMILES string of the molecule is CC(C)[C@H](NC(=O)CNCCOc1ccccc1F)c1ccc2c(c1)OCCCO2. The number of carbonyl (C=O) groups excluding carboxylic acids is 1. The Kier molecular flexibility index (Phi) is 7.90. The molecule has 1 aliphatic heterocycles. The zero-order valence-electron chi connectivity index (χ0n) is 17.4. The molecule has 7 heteroatoms. The Morgan fingerprint density at radius 1 is 1.13 bits per heavy atom. The molecule has 2 aromatic carbocycles. The van der Waals surface area contributed by atoms with E-state index in [-0.39, 0.29) is 36.8 Å². The molecule has 1 heterocycles. The summed E-state index contributed by atoms with van der Waals surface area (Å²) in [5, 5.41) is 6.10. The van der Waals surface area contributed by atoms with Crippen molar-refractivity contribution in [2.75, 3.05) is 32.9 Å². The minimum Gasteiger partial charge on any atom is -0.490 e. The smallest absolute Gasteiger partial charge is 0.234 e. The zero-order valence-corrected chi connectivity index (χ0v) is 17.4. The molecule has 0 saturated carbocycles. The highest BCUT2D eigenvalue weighted by Gasteiger charge is 2.21. The van der Waals surface area contributed by atoms with Gasteiger partial charge in [-0.2, -0.15) is 0 Å². The Balaban J connectivity index is 1.48. The number of halogens is 1. The number of amides is 1. The molecule has 0 aromatic heterocycles. The van der Waals surface area contributed by atoms with E-state index in [1.807, 2.05) is 18.2 Å². The van der Waals surface area contributed by atoms with Crippen LogP contribution >= 0.6 is 0 Å². The number of ether oxygens (including phenoxy) is 3. The largest absolute Gasteiger partial charge is 0.490 e. The molecule has 0 fully saturated rings. The van der Waals surface area contributed by atoms with Crippen LogP contribution in [0.4, 0.5) is 4.39 Å². The van der Waals surface area contributed by atoms with Gasteiger partial charge in [0.05, 0.1) is 25.8 Å². The zero-order chi connectivity index (χ0) is 21.3. The number of para-hydroxylation sites is 1. The number of nitrogens with one attached hydrogen (secondary N) is 2. The van der Waals surface area contributed by atoms with E-state index < -0.39 is 5.82 Å². The molecule has 0 unspecified atom stereocenters. The summed E-state index contributed by atoms with van der Waals surface area (Å²) in [6.07, 6.45) is 0.848. The van der Waals surface area contributed by atoms with E-state index in [9.17, 15) is 9.18 Å². The summed E-state index contributed by atoms with van der Waals surface area (Å²) in [5.41, 5.74) is 0.977. The fraction of sp³-hybridized carbons (Fsp3) is 0.435. The van der Waals surface area contributed by atoms with Crippen LogP contribution in [0.1, 0.15) is 31.9 Å². The minimum absolute atomic E-state index is 0.119. The third-order valence-electron chi connectivity index (χ3n) is 4.77. The van der Waals surface area contributed by atoms with E-state index >= 15 is 0 Å². The molecule has 162 valence electrons. The summed E-state index contributed by atoms with van der Waals surface area (Å²) in [7, 11) is 0. The van der Waals surface area contributed by atoms with Gasteiger partial charge in [0.2, 0.25) is 5.91 Å². The lowest BCUT2D eigenvalue weighted by molar-refractivity contribution is -0.121. The van der Waals surface area contributed by atoms with Crippen LogP contribution in [0.5, 0.6) is 17.2 Å². The van der Waals surface area contributed by atoms with Crippen molar-refractivity contribution < 1.29 is 23.4 Å². The fourth-order valence-corrected chi connectivity index (χ4v) is 3.23. The molecule has 1 aliphatic rings. The Hall–Kier alpha value is -2.80. The van der Waals surface area contributed by atoms with E-state index in [0.29, 0.717) is 25.5 Å². The Labute approximate surface area is 176 Å². The first-order chi connectivity index (χ1) is 14.5. The summed E-state index contributed by atoms with van der Waals surface area (Å²) in [5.74, 6) is 1.34. The highest BCUT2D eigenvalue weighted by atomic mass is 19.1. The minimum atomic E-state index is -0.398. The van der Waals surface area contributed by atoms with Gasteiger partial charge in [-0.05, 0) is 35.7 Å². The van der Waals surface area contributed by atoms with Gasteiger partial charge in [0.1, 0.15) is 6.61 Å². The Bertz CT molecular complexity index is 844. The topological polar surface area (TPSA) is 68.8 Å². The van der Waals surface area contributed by atoms with Gasteiger partial charge in [-0.25, -0.2) is 4.39 Å². The van der Waals surface area contributed by atoms with E-state index in [2.05, 4.69) is 24.5 Å². The van der Waals surface area contributed by atoms with Crippen molar-refractivity contribution in [3.05, 3.63) is 53.8 Å². The molecule has 30 heavy (non-hydrogen) atoms. The maximum absolute atomic E-state index is 13.5. The molecule has 1 amide bonds. The summed E-state index contributed by atoms with van der Waals surface area (Å²) in [4.78, 5) is 12.4. The van der Waals surface area contributed by atoms with E-state index in [1.54, 1.807) is 18.2 Å². The van der Waals surface area contributed by atoms with Crippen molar-refractivity contribution >= 4 is 5.91 Å². The van der Waals surface area contributed by atoms with Gasteiger partial charge in [0, 0.05) is 13.0 Å². The van der Waals surface area contributed by atoms with Crippen LogP contribution in [0, 0.1) is 11.7 Å². The van der Waals surface area contributed by atoms with Crippen molar-refractivity contribution in [1.29, 1.82) is 0 Å². The molecule has 0 saturated heterocycles. The first kappa shape index (κ1) is 21.9. The van der Waals surface area contributed by atoms with Gasteiger partial charge < -0.3 is 24.8 Å². The van der Waals surface area contributed by atoms with Crippen molar-refractivity contribution in [3.8, 4) is 17.2 Å². The predicted octanol–water partition coefficient (Wildman–Crippen LogP) is 3.47. The van der Waals surface area contributed by atoms with Crippen LogP contribution in [-0.2, 0) is 4.79 Å². The maximum Gasteiger partial charge on any atom is 0.234 e. The van der Waals surface area contributed by atoms with Gasteiger partial charge in [0.15, 0.2) is 23.1 Å². The standard InChI is InChI=1S/C23H29FN2O4/c1-16(2)23(17-8-9-20-21(14-17)29-12-5-11-28-20)26-22(27)15-25-10-13-30-19-7-4-3-6-18(19)24/h3-4,6-9,14,16,23,25H,5,10-13,15H2,1-2H3,(H,26,27)/t23-/m0/s1. The van der Waals surface area contributed by atoms with Crippen LogP contribution in [0.25, 0.3) is 0 Å². The lowest BCUT2D eigenvalue weighted by atomic mass is 9.95. The molecule has 0 bridgehead atoms. The second kappa shape index (κ2) is 10.8. The third kappa shape index (κ3) is 6.10. The molecule has 6 nitrogen and oxygen atoms in total. The lowest BCUT2D eigenvalue weighted by Crippen LogP contribution is -2.39. The molecule has 1 atom stereocenters. The molecule has 3 rings (SSSR count). The highest BCUT2D eigenvalue weighted by molar-refractivity contribution is 5.78. The molecule has 0 aliphatic carbocycles. The monoisotopic (exact) mass is 416 g/mol. The molecular weight excluding hydrogens is 387 g/mol. The van der Waals surface area contributed by atoms with E-state index in [0.717, 1.165) is 17.7 Å². The summed E-state index contributed by atoms with van der Waals surface area (Å²) >= 11 is 0. The van der Waals surface area contributed by atoms with Crippen LogP contribution in [0.15, 0.2) is 42.5 Å². The third-order valence-corrected chi connectivity index (χ3v) is 4.77. The number of carbonyl (C=O) groups is 1. The van der Waals surface area contributed by atoms with Gasteiger partial charge in [-0.15, -0.1) is 0 Å². The maximum atomic E-state index is 13.5. The van der Waals surface area contributed by atoms with Crippen molar-refractivity contribution in [3.63, 3.8) is 0 Å². The van der Waals surface area contributed by atoms with Crippen molar-refractivity contribution in [1.82, 2.24) is 10.6 Å². The summed E-state index contributed by atoms with van der Waals surface area (Å²) in [6, 6.07) is 11.9. The highest BCUT2D eigenvalue weighted by Crippen LogP contribution is 2.34. The second-order valence-electron chi connectivity index (χ2n) is 7.50. The quantitative estimate of drug-likeness (QED) is 0.613. The number of fused-ring (bicyclic) bond motifs is 1.